The van der Waals surface area contributed by atoms with E-state index in [-0.39, 0.29) is 30.6 Å². The maximum absolute atomic E-state index is 12.2. The van der Waals surface area contributed by atoms with E-state index in [1.807, 2.05) is 45.0 Å². The molecule has 132 valence electrons. The molecular weight excluding hydrogens is 314 g/mol. The molecule has 0 spiro atoms. The molecule has 1 amide bonds. The number of amides is 1. The largest absolute Gasteiger partial charge is 0.449 e. The molecule has 0 aromatic heterocycles. The lowest BCUT2D eigenvalue weighted by molar-refractivity contribution is 0.111. The van der Waals surface area contributed by atoms with Crippen LogP contribution in [0.3, 0.4) is 0 Å². The van der Waals surface area contributed by atoms with Gasteiger partial charge in [0.2, 0.25) is 0 Å². The predicted octanol–water partition coefficient (Wildman–Crippen LogP) is 3.93. The van der Waals surface area contributed by atoms with Crippen LogP contribution in [0.4, 0.5) is 4.79 Å². The summed E-state index contributed by atoms with van der Waals surface area (Å²) in [5.74, 6) is 0.0420. The summed E-state index contributed by atoms with van der Waals surface area (Å²) in [4.78, 5) is 12.2. The van der Waals surface area contributed by atoms with Gasteiger partial charge in [-0.15, -0.1) is 0 Å². The molecule has 2 N–H and O–H groups in total. The Morgan fingerprint density at radius 2 is 1.60 bits per heavy atom. The second-order valence-corrected chi connectivity index (χ2v) is 7.57. The van der Waals surface area contributed by atoms with Crippen molar-refractivity contribution in [3.63, 3.8) is 0 Å². The Morgan fingerprint density at radius 3 is 2.08 bits per heavy atom. The Balaban J connectivity index is 1.72. The molecule has 2 aromatic rings. The summed E-state index contributed by atoms with van der Waals surface area (Å²) in [5, 5.41) is 12.2. The number of carbonyl (C=O) groups is 1. The third-order valence-corrected chi connectivity index (χ3v) is 4.86. The minimum atomic E-state index is -0.490. The van der Waals surface area contributed by atoms with Crippen LogP contribution < -0.4 is 5.32 Å². The normalized spacial score (nSPS) is 14.6. The summed E-state index contributed by atoms with van der Waals surface area (Å²) in [6.07, 6.45) is -0.490. The summed E-state index contributed by atoms with van der Waals surface area (Å²) < 4.78 is 5.51. The first-order valence-electron chi connectivity index (χ1n) is 8.64. The van der Waals surface area contributed by atoms with E-state index in [1.54, 1.807) is 0 Å². The molecule has 4 heteroatoms. The number of nitrogens with one attached hydrogen (secondary N) is 1. The molecule has 25 heavy (non-hydrogen) atoms. The molecule has 0 fully saturated rings. The van der Waals surface area contributed by atoms with Crippen LogP contribution in [0, 0.1) is 5.41 Å². The van der Waals surface area contributed by atoms with Crippen molar-refractivity contribution in [1.29, 1.82) is 0 Å². The standard InChI is InChI=1S/C21H25NO3/c1-21(2,3)19(12-23)22-20(24)25-13-18-16-10-6-4-8-14(16)15-9-5-7-11-17(15)18/h4-11,18-19,23H,12-13H2,1-3H3,(H,22,24). The number of rotatable bonds is 4. The number of ether oxygens (including phenoxy) is 1. The monoisotopic (exact) mass is 339 g/mol. The van der Waals surface area contributed by atoms with E-state index < -0.39 is 6.09 Å². The number of alkyl carbamates (subject to hydrolysis) is 1. The van der Waals surface area contributed by atoms with Crippen LogP contribution in [0.2, 0.25) is 0 Å². The highest BCUT2D eigenvalue weighted by molar-refractivity contribution is 5.79. The van der Waals surface area contributed by atoms with Gasteiger partial charge in [0.05, 0.1) is 12.6 Å². The molecule has 0 bridgehead atoms. The average molecular weight is 339 g/mol. The van der Waals surface area contributed by atoms with E-state index in [0.29, 0.717) is 0 Å². The zero-order valence-corrected chi connectivity index (χ0v) is 15.0. The van der Waals surface area contributed by atoms with Gasteiger partial charge >= 0.3 is 6.09 Å². The van der Waals surface area contributed by atoms with Crippen molar-refractivity contribution in [1.82, 2.24) is 5.32 Å². The van der Waals surface area contributed by atoms with Gasteiger partial charge in [-0.2, -0.15) is 0 Å². The van der Waals surface area contributed by atoms with E-state index in [9.17, 15) is 9.90 Å². The molecule has 1 atom stereocenters. The summed E-state index contributed by atoms with van der Waals surface area (Å²) in [5.41, 5.74) is 4.54. The molecule has 1 unspecified atom stereocenters. The number of aliphatic hydroxyl groups excluding tert-OH is 1. The minimum Gasteiger partial charge on any atom is -0.449 e. The highest BCUT2D eigenvalue weighted by Crippen LogP contribution is 2.44. The summed E-state index contributed by atoms with van der Waals surface area (Å²) >= 11 is 0. The Bertz CT molecular complexity index is 718. The highest BCUT2D eigenvalue weighted by atomic mass is 16.5. The third kappa shape index (κ3) is 3.54. The van der Waals surface area contributed by atoms with Crippen molar-refractivity contribution in [3.05, 3.63) is 59.7 Å². The Morgan fingerprint density at radius 1 is 1.08 bits per heavy atom. The van der Waals surface area contributed by atoms with Gasteiger partial charge in [0, 0.05) is 5.92 Å². The van der Waals surface area contributed by atoms with E-state index >= 15 is 0 Å². The average Bonchev–Trinajstić information content (AvgIpc) is 2.91. The fraction of sp³-hybridized carbons (Fsp3) is 0.381. The van der Waals surface area contributed by atoms with Gasteiger partial charge in [0.25, 0.3) is 0 Å². The molecule has 0 saturated heterocycles. The highest BCUT2D eigenvalue weighted by Gasteiger charge is 2.30. The number of hydrogen-bond acceptors (Lipinski definition) is 3. The Labute approximate surface area is 148 Å². The van der Waals surface area contributed by atoms with Crippen LogP contribution in [0.25, 0.3) is 11.1 Å². The van der Waals surface area contributed by atoms with Gasteiger partial charge in [0.15, 0.2) is 0 Å². The predicted molar refractivity (Wildman–Crippen MR) is 98.5 cm³/mol. The minimum absolute atomic E-state index is 0.0420. The van der Waals surface area contributed by atoms with Crippen molar-refractivity contribution in [2.45, 2.75) is 32.7 Å². The van der Waals surface area contributed by atoms with Crippen LogP contribution in [-0.4, -0.2) is 30.5 Å². The van der Waals surface area contributed by atoms with Gasteiger partial charge in [-0.1, -0.05) is 69.3 Å². The zero-order chi connectivity index (χ0) is 18.0. The molecule has 4 nitrogen and oxygen atoms in total. The molecule has 0 heterocycles. The van der Waals surface area contributed by atoms with Crippen LogP contribution in [0.5, 0.6) is 0 Å². The quantitative estimate of drug-likeness (QED) is 0.887. The van der Waals surface area contributed by atoms with E-state index in [0.717, 1.165) is 0 Å². The first kappa shape index (κ1) is 17.5. The van der Waals surface area contributed by atoms with Crippen LogP contribution in [0.15, 0.2) is 48.5 Å². The van der Waals surface area contributed by atoms with Crippen LogP contribution in [0.1, 0.15) is 37.8 Å². The first-order valence-corrected chi connectivity index (χ1v) is 8.64. The fourth-order valence-corrected chi connectivity index (χ4v) is 3.32. The summed E-state index contributed by atoms with van der Waals surface area (Å²) in [6.45, 7) is 6.07. The molecule has 3 rings (SSSR count). The van der Waals surface area contributed by atoms with Gasteiger partial charge in [0.1, 0.15) is 6.61 Å². The Hall–Kier alpha value is -2.33. The second-order valence-electron chi connectivity index (χ2n) is 7.57. The molecule has 0 saturated carbocycles. The topological polar surface area (TPSA) is 58.6 Å². The smallest absolute Gasteiger partial charge is 0.407 e. The lowest BCUT2D eigenvalue weighted by atomic mass is 9.87. The number of benzene rings is 2. The molecule has 0 aliphatic heterocycles. The lowest BCUT2D eigenvalue weighted by Crippen LogP contribution is -2.46. The van der Waals surface area contributed by atoms with Gasteiger partial charge in [-0.25, -0.2) is 4.79 Å². The molecular formula is C21H25NO3. The molecule has 1 aliphatic carbocycles. The van der Waals surface area contributed by atoms with E-state index in [1.165, 1.54) is 22.3 Å². The van der Waals surface area contributed by atoms with Gasteiger partial charge in [-0.3, -0.25) is 0 Å². The third-order valence-electron chi connectivity index (χ3n) is 4.86. The maximum atomic E-state index is 12.2. The summed E-state index contributed by atoms with van der Waals surface area (Å²) in [6, 6.07) is 16.1. The summed E-state index contributed by atoms with van der Waals surface area (Å²) in [7, 11) is 0. The molecule has 2 aromatic carbocycles. The van der Waals surface area contributed by atoms with E-state index in [4.69, 9.17) is 4.74 Å². The van der Waals surface area contributed by atoms with Crippen molar-refractivity contribution in [3.8, 4) is 11.1 Å². The van der Waals surface area contributed by atoms with Gasteiger partial charge < -0.3 is 15.2 Å². The van der Waals surface area contributed by atoms with Crippen LogP contribution >= 0.6 is 0 Å². The number of hydrogen-bond donors (Lipinski definition) is 2. The molecule has 1 aliphatic rings. The second kappa shape index (κ2) is 6.89. The van der Waals surface area contributed by atoms with Crippen molar-refractivity contribution in [2.24, 2.45) is 5.41 Å². The number of carbonyl (C=O) groups excluding carboxylic acids is 1. The van der Waals surface area contributed by atoms with Gasteiger partial charge in [-0.05, 0) is 27.7 Å². The van der Waals surface area contributed by atoms with E-state index in [2.05, 4.69) is 29.6 Å². The SMILES string of the molecule is CC(C)(C)C(CO)NC(=O)OCC1c2ccccc2-c2ccccc21. The number of fused-ring (bicyclic) bond motifs is 3. The first-order chi connectivity index (χ1) is 11.9. The van der Waals surface area contributed by atoms with Crippen molar-refractivity contribution >= 4 is 6.09 Å². The fourth-order valence-electron chi connectivity index (χ4n) is 3.32. The zero-order valence-electron chi connectivity index (χ0n) is 15.0. The number of aliphatic hydroxyl groups is 1. The van der Waals surface area contributed by atoms with Crippen LogP contribution in [-0.2, 0) is 4.74 Å². The lowest BCUT2D eigenvalue weighted by Gasteiger charge is -2.29. The molecule has 0 radical (unpaired) electrons. The maximum Gasteiger partial charge on any atom is 0.407 e. The Kier molecular flexibility index (Phi) is 4.82. The van der Waals surface area contributed by atoms with Crippen molar-refractivity contribution < 1.29 is 14.6 Å². The van der Waals surface area contributed by atoms with Crippen molar-refractivity contribution in [2.75, 3.05) is 13.2 Å².